The lowest BCUT2D eigenvalue weighted by atomic mass is 10.1. The molecular formula is C17H10F3N3O. The standard InChI is InChI=1S/C17H10F3N3O/c18-17(19,20)14-6-2-3-11(8-14)9-15-22-16(23-24-15)13-5-1-4-12(7-13)10-21/h1-8H,9H2. The molecule has 1 heterocycles. The van der Waals surface area contributed by atoms with Crippen LogP contribution >= 0.6 is 0 Å². The highest BCUT2D eigenvalue weighted by molar-refractivity contribution is 5.57. The van der Waals surface area contributed by atoms with Crippen LogP contribution in [0.15, 0.2) is 53.1 Å². The largest absolute Gasteiger partial charge is 0.416 e. The molecule has 3 aromatic rings. The van der Waals surface area contributed by atoms with Gasteiger partial charge in [0, 0.05) is 5.56 Å². The monoisotopic (exact) mass is 329 g/mol. The Labute approximate surface area is 135 Å². The number of nitriles is 1. The average Bonchev–Trinajstić information content (AvgIpc) is 3.03. The van der Waals surface area contributed by atoms with Gasteiger partial charge in [-0.05, 0) is 23.8 Å². The van der Waals surface area contributed by atoms with E-state index in [4.69, 9.17) is 9.78 Å². The fourth-order valence-electron chi connectivity index (χ4n) is 2.20. The Bertz CT molecular complexity index is 910. The van der Waals surface area contributed by atoms with Crippen LogP contribution in [0.1, 0.15) is 22.6 Å². The molecule has 7 heteroatoms. The van der Waals surface area contributed by atoms with Crippen molar-refractivity contribution in [2.75, 3.05) is 0 Å². The van der Waals surface area contributed by atoms with E-state index in [9.17, 15) is 13.2 Å². The molecule has 0 saturated carbocycles. The number of halogens is 3. The fourth-order valence-corrected chi connectivity index (χ4v) is 2.20. The number of aromatic nitrogens is 2. The molecule has 0 unspecified atom stereocenters. The van der Waals surface area contributed by atoms with Crippen LogP contribution in [0.3, 0.4) is 0 Å². The fraction of sp³-hybridized carbons (Fsp3) is 0.118. The SMILES string of the molecule is N#Cc1cccc(-c2noc(Cc3cccc(C(F)(F)F)c3)n2)c1. The lowest BCUT2D eigenvalue weighted by molar-refractivity contribution is -0.137. The van der Waals surface area contributed by atoms with E-state index in [0.717, 1.165) is 12.1 Å². The summed E-state index contributed by atoms with van der Waals surface area (Å²) in [5.41, 5.74) is 0.761. The molecule has 0 atom stereocenters. The summed E-state index contributed by atoms with van der Waals surface area (Å²) in [6.45, 7) is 0. The van der Waals surface area contributed by atoms with E-state index in [0.29, 0.717) is 16.7 Å². The average molecular weight is 329 g/mol. The van der Waals surface area contributed by atoms with Gasteiger partial charge < -0.3 is 4.52 Å². The third kappa shape index (κ3) is 3.43. The van der Waals surface area contributed by atoms with E-state index in [2.05, 4.69) is 10.1 Å². The maximum absolute atomic E-state index is 12.7. The van der Waals surface area contributed by atoms with Crippen LogP contribution in [0.2, 0.25) is 0 Å². The molecule has 0 aliphatic heterocycles. The van der Waals surface area contributed by atoms with Crippen molar-refractivity contribution in [3.63, 3.8) is 0 Å². The molecule has 24 heavy (non-hydrogen) atoms. The molecule has 2 aromatic carbocycles. The minimum absolute atomic E-state index is 0.0921. The topological polar surface area (TPSA) is 62.7 Å². The van der Waals surface area contributed by atoms with Crippen molar-refractivity contribution < 1.29 is 17.7 Å². The van der Waals surface area contributed by atoms with Crippen molar-refractivity contribution in [3.05, 3.63) is 71.1 Å². The van der Waals surface area contributed by atoms with Gasteiger partial charge in [0.2, 0.25) is 11.7 Å². The zero-order valence-electron chi connectivity index (χ0n) is 12.2. The summed E-state index contributed by atoms with van der Waals surface area (Å²) in [5, 5.41) is 12.7. The molecule has 0 amide bonds. The molecule has 0 bridgehead atoms. The maximum atomic E-state index is 12.7. The van der Waals surface area contributed by atoms with Gasteiger partial charge in [0.05, 0.1) is 23.6 Å². The predicted molar refractivity (Wildman–Crippen MR) is 78.7 cm³/mol. The number of alkyl halides is 3. The van der Waals surface area contributed by atoms with Gasteiger partial charge in [-0.25, -0.2) is 0 Å². The van der Waals surface area contributed by atoms with Gasteiger partial charge in [-0.3, -0.25) is 0 Å². The van der Waals surface area contributed by atoms with Gasteiger partial charge >= 0.3 is 6.18 Å². The highest BCUT2D eigenvalue weighted by atomic mass is 19.4. The minimum Gasteiger partial charge on any atom is -0.339 e. The first-order valence-corrected chi connectivity index (χ1v) is 6.95. The van der Waals surface area contributed by atoms with Crippen LogP contribution in [0.5, 0.6) is 0 Å². The Hall–Kier alpha value is -3.14. The van der Waals surface area contributed by atoms with Gasteiger partial charge in [-0.1, -0.05) is 35.5 Å². The number of hydrogen-bond donors (Lipinski definition) is 0. The Balaban J connectivity index is 1.83. The van der Waals surface area contributed by atoms with Crippen LogP contribution in [0.25, 0.3) is 11.4 Å². The van der Waals surface area contributed by atoms with Crippen molar-refractivity contribution >= 4 is 0 Å². The third-order valence-corrected chi connectivity index (χ3v) is 3.33. The molecule has 0 saturated heterocycles. The van der Waals surface area contributed by atoms with Gasteiger partial charge in [0.15, 0.2) is 0 Å². The van der Waals surface area contributed by atoms with E-state index in [1.165, 1.54) is 6.07 Å². The predicted octanol–water partition coefficient (Wildman–Crippen LogP) is 4.22. The van der Waals surface area contributed by atoms with E-state index in [-0.39, 0.29) is 18.1 Å². The quantitative estimate of drug-likeness (QED) is 0.722. The Morgan fingerprint density at radius 3 is 2.62 bits per heavy atom. The molecule has 4 nitrogen and oxygen atoms in total. The van der Waals surface area contributed by atoms with Crippen molar-refractivity contribution in [1.29, 1.82) is 5.26 Å². The van der Waals surface area contributed by atoms with E-state index in [1.807, 2.05) is 6.07 Å². The Morgan fingerprint density at radius 1 is 1.08 bits per heavy atom. The molecular weight excluding hydrogens is 319 g/mol. The summed E-state index contributed by atoms with van der Waals surface area (Å²) in [5.74, 6) is 0.487. The van der Waals surface area contributed by atoms with Crippen LogP contribution in [0, 0.1) is 11.3 Å². The summed E-state index contributed by atoms with van der Waals surface area (Å²) in [7, 11) is 0. The first-order valence-electron chi connectivity index (χ1n) is 6.95. The molecule has 0 fully saturated rings. The normalized spacial score (nSPS) is 11.2. The first kappa shape index (κ1) is 15.7. The first-order chi connectivity index (χ1) is 11.5. The highest BCUT2D eigenvalue weighted by Gasteiger charge is 2.30. The van der Waals surface area contributed by atoms with E-state index < -0.39 is 11.7 Å². The van der Waals surface area contributed by atoms with Gasteiger partial charge in [0.1, 0.15) is 0 Å². The second-order valence-electron chi connectivity index (χ2n) is 5.08. The van der Waals surface area contributed by atoms with E-state index in [1.54, 1.807) is 30.3 Å². The van der Waals surface area contributed by atoms with Crippen LogP contribution < -0.4 is 0 Å². The Morgan fingerprint density at radius 2 is 1.88 bits per heavy atom. The van der Waals surface area contributed by atoms with Gasteiger partial charge in [0.25, 0.3) is 0 Å². The van der Waals surface area contributed by atoms with Crippen molar-refractivity contribution in [2.24, 2.45) is 0 Å². The summed E-state index contributed by atoms with van der Waals surface area (Å²) in [6, 6.07) is 13.7. The second-order valence-corrected chi connectivity index (χ2v) is 5.08. The molecule has 0 aliphatic carbocycles. The smallest absolute Gasteiger partial charge is 0.339 e. The zero-order chi connectivity index (χ0) is 17.2. The van der Waals surface area contributed by atoms with Gasteiger partial charge in [-0.15, -0.1) is 0 Å². The van der Waals surface area contributed by atoms with Crippen LogP contribution in [-0.2, 0) is 12.6 Å². The van der Waals surface area contributed by atoms with Crippen LogP contribution in [0.4, 0.5) is 13.2 Å². The molecule has 120 valence electrons. The summed E-state index contributed by atoms with van der Waals surface area (Å²) in [4.78, 5) is 4.17. The molecule has 0 radical (unpaired) electrons. The highest BCUT2D eigenvalue weighted by Crippen LogP contribution is 2.30. The minimum atomic E-state index is -4.40. The van der Waals surface area contributed by atoms with Crippen LogP contribution in [-0.4, -0.2) is 10.1 Å². The summed E-state index contributed by atoms with van der Waals surface area (Å²) >= 11 is 0. The molecule has 1 aromatic heterocycles. The number of rotatable bonds is 3. The van der Waals surface area contributed by atoms with Gasteiger partial charge in [-0.2, -0.15) is 23.4 Å². The van der Waals surface area contributed by atoms with E-state index >= 15 is 0 Å². The lowest BCUT2D eigenvalue weighted by Crippen LogP contribution is -2.05. The van der Waals surface area contributed by atoms with Crippen molar-refractivity contribution in [2.45, 2.75) is 12.6 Å². The number of benzene rings is 2. The second kappa shape index (κ2) is 6.16. The number of hydrogen-bond acceptors (Lipinski definition) is 4. The molecule has 0 aliphatic rings. The molecule has 3 rings (SSSR count). The lowest BCUT2D eigenvalue weighted by Gasteiger charge is -2.07. The maximum Gasteiger partial charge on any atom is 0.416 e. The zero-order valence-corrected chi connectivity index (χ0v) is 12.2. The van der Waals surface area contributed by atoms with Crippen molar-refractivity contribution in [3.8, 4) is 17.5 Å². The number of nitrogens with zero attached hydrogens (tertiary/aromatic N) is 3. The molecule has 0 N–H and O–H groups in total. The Kier molecular flexibility index (Phi) is 4.04. The molecule has 0 spiro atoms. The van der Waals surface area contributed by atoms with Crippen molar-refractivity contribution in [1.82, 2.24) is 10.1 Å². The summed E-state index contributed by atoms with van der Waals surface area (Å²) < 4.78 is 43.3. The summed E-state index contributed by atoms with van der Waals surface area (Å²) in [6.07, 6.45) is -4.30. The third-order valence-electron chi connectivity index (χ3n) is 3.33.